The van der Waals surface area contributed by atoms with E-state index in [2.05, 4.69) is 17.1 Å². The van der Waals surface area contributed by atoms with Crippen LogP contribution in [0.5, 0.6) is 0 Å². The topological polar surface area (TPSA) is 62.4 Å². The van der Waals surface area contributed by atoms with E-state index in [9.17, 15) is 9.59 Å². The van der Waals surface area contributed by atoms with Gasteiger partial charge in [0, 0.05) is 42.4 Å². The number of aromatic amines is 1. The molecule has 162 valence electrons. The molecule has 2 aromatic carbocycles. The molecule has 0 fully saturated rings. The third kappa shape index (κ3) is 3.80. The number of carbonyl (C=O) groups is 1. The third-order valence-corrected chi connectivity index (χ3v) is 6.32. The van der Waals surface area contributed by atoms with E-state index in [0.717, 1.165) is 47.2 Å². The van der Waals surface area contributed by atoms with Crippen LogP contribution < -0.4 is 5.56 Å². The molecule has 0 radical (unpaired) electrons. The SMILES string of the molecule is CCOC1C=CC2=C(C1)N(C(=O)Cc1ccc(-c3c[nH]c(=O)c4ccccc34)cc1)CC2. The maximum Gasteiger partial charge on any atom is 0.255 e. The van der Waals surface area contributed by atoms with Crippen molar-refractivity contribution in [2.75, 3.05) is 13.2 Å². The molecule has 0 saturated heterocycles. The molecule has 2 aliphatic rings. The van der Waals surface area contributed by atoms with E-state index in [-0.39, 0.29) is 17.6 Å². The predicted molar refractivity (Wildman–Crippen MR) is 126 cm³/mol. The molecular formula is C27H26N2O3. The van der Waals surface area contributed by atoms with Crippen molar-refractivity contribution in [1.29, 1.82) is 0 Å². The van der Waals surface area contributed by atoms with Crippen LogP contribution in [0.4, 0.5) is 0 Å². The van der Waals surface area contributed by atoms with Gasteiger partial charge in [-0.1, -0.05) is 54.6 Å². The lowest BCUT2D eigenvalue weighted by Gasteiger charge is -2.25. The van der Waals surface area contributed by atoms with E-state index in [1.807, 2.05) is 60.4 Å². The Bertz CT molecular complexity index is 1280. The molecule has 32 heavy (non-hydrogen) atoms. The van der Waals surface area contributed by atoms with E-state index >= 15 is 0 Å². The van der Waals surface area contributed by atoms with Gasteiger partial charge in [-0.25, -0.2) is 0 Å². The van der Waals surface area contributed by atoms with Gasteiger partial charge in [-0.05, 0) is 41.5 Å². The summed E-state index contributed by atoms with van der Waals surface area (Å²) in [7, 11) is 0. The Morgan fingerprint density at radius 1 is 1.12 bits per heavy atom. The number of pyridine rings is 1. The van der Waals surface area contributed by atoms with E-state index in [1.54, 1.807) is 6.20 Å². The highest BCUT2D eigenvalue weighted by Gasteiger charge is 2.30. The number of ether oxygens (including phenoxy) is 1. The minimum atomic E-state index is -0.0880. The molecule has 1 amide bonds. The number of benzene rings is 2. The molecule has 5 nitrogen and oxygen atoms in total. The molecule has 1 N–H and O–H groups in total. The van der Waals surface area contributed by atoms with Crippen LogP contribution in [0, 0.1) is 0 Å². The molecule has 1 aliphatic carbocycles. The number of hydrogen-bond acceptors (Lipinski definition) is 3. The Labute approximate surface area is 187 Å². The van der Waals surface area contributed by atoms with Crippen LogP contribution in [0.3, 0.4) is 0 Å². The van der Waals surface area contributed by atoms with Crippen molar-refractivity contribution in [2.45, 2.75) is 32.3 Å². The number of rotatable bonds is 5. The van der Waals surface area contributed by atoms with Crippen LogP contribution in [0.15, 0.2) is 82.9 Å². The first kappa shape index (κ1) is 20.5. The summed E-state index contributed by atoms with van der Waals surface area (Å²) in [5.41, 5.74) is 5.26. The standard InChI is InChI=1S/C27H26N2O3/c1-2-32-21-12-11-20-13-14-29(25(20)16-21)26(30)15-18-7-9-19(10-8-18)24-17-28-27(31)23-6-4-3-5-22(23)24/h3-12,17,21H,2,13-16H2,1H3,(H,28,31). The van der Waals surface area contributed by atoms with Crippen molar-refractivity contribution in [3.8, 4) is 11.1 Å². The van der Waals surface area contributed by atoms with E-state index in [0.29, 0.717) is 18.4 Å². The van der Waals surface area contributed by atoms with Crippen molar-refractivity contribution in [3.63, 3.8) is 0 Å². The van der Waals surface area contributed by atoms with Crippen LogP contribution in [0.1, 0.15) is 25.3 Å². The monoisotopic (exact) mass is 426 g/mol. The lowest BCUT2D eigenvalue weighted by atomic mass is 9.99. The fourth-order valence-electron chi connectivity index (χ4n) is 4.71. The zero-order valence-electron chi connectivity index (χ0n) is 18.1. The zero-order chi connectivity index (χ0) is 22.1. The van der Waals surface area contributed by atoms with Crippen LogP contribution in [-0.2, 0) is 16.0 Å². The fraction of sp³-hybridized carbons (Fsp3) is 0.259. The minimum absolute atomic E-state index is 0.0542. The van der Waals surface area contributed by atoms with Gasteiger partial charge in [0.1, 0.15) is 0 Å². The zero-order valence-corrected chi connectivity index (χ0v) is 18.1. The van der Waals surface area contributed by atoms with Crippen LogP contribution >= 0.6 is 0 Å². The van der Waals surface area contributed by atoms with Gasteiger partial charge < -0.3 is 14.6 Å². The van der Waals surface area contributed by atoms with E-state index < -0.39 is 0 Å². The van der Waals surface area contributed by atoms with Gasteiger partial charge in [-0.2, -0.15) is 0 Å². The Morgan fingerprint density at radius 3 is 2.69 bits per heavy atom. The summed E-state index contributed by atoms with van der Waals surface area (Å²) in [4.78, 5) is 30.0. The Hall–Kier alpha value is -3.44. The molecule has 1 unspecified atom stereocenters. The number of H-pyrrole nitrogens is 1. The summed E-state index contributed by atoms with van der Waals surface area (Å²) in [6.45, 7) is 3.41. The average Bonchev–Trinajstić information content (AvgIpc) is 3.24. The van der Waals surface area contributed by atoms with Gasteiger partial charge in [0.25, 0.3) is 5.56 Å². The molecule has 1 atom stereocenters. The van der Waals surface area contributed by atoms with Gasteiger partial charge in [-0.3, -0.25) is 9.59 Å². The Kier molecular flexibility index (Phi) is 5.50. The highest BCUT2D eigenvalue weighted by Crippen LogP contribution is 2.33. The molecule has 2 heterocycles. The van der Waals surface area contributed by atoms with E-state index in [1.165, 1.54) is 5.57 Å². The number of nitrogens with one attached hydrogen (secondary N) is 1. The number of allylic oxidation sites excluding steroid dienone is 1. The van der Waals surface area contributed by atoms with Gasteiger partial charge in [0.2, 0.25) is 5.91 Å². The van der Waals surface area contributed by atoms with E-state index in [4.69, 9.17) is 4.74 Å². The summed E-state index contributed by atoms with van der Waals surface area (Å²) >= 11 is 0. The Morgan fingerprint density at radius 2 is 1.91 bits per heavy atom. The second-order valence-corrected chi connectivity index (χ2v) is 8.28. The highest BCUT2D eigenvalue weighted by atomic mass is 16.5. The first-order valence-electron chi connectivity index (χ1n) is 11.2. The number of carbonyl (C=O) groups excluding carboxylic acids is 1. The van der Waals surface area contributed by atoms with Crippen LogP contribution in [0.25, 0.3) is 21.9 Å². The normalized spacial score (nSPS) is 17.8. The maximum absolute atomic E-state index is 13.1. The molecular weight excluding hydrogens is 400 g/mol. The molecule has 0 spiro atoms. The summed E-state index contributed by atoms with van der Waals surface area (Å²) < 4.78 is 5.75. The third-order valence-electron chi connectivity index (χ3n) is 6.32. The van der Waals surface area contributed by atoms with Gasteiger partial charge in [-0.15, -0.1) is 0 Å². The molecule has 1 aromatic heterocycles. The minimum Gasteiger partial charge on any atom is -0.374 e. The van der Waals surface area contributed by atoms with Gasteiger partial charge in [0.15, 0.2) is 0 Å². The lowest BCUT2D eigenvalue weighted by Crippen LogP contribution is -2.31. The largest absolute Gasteiger partial charge is 0.374 e. The smallest absolute Gasteiger partial charge is 0.255 e. The van der Waals surface area contributed by atoms with Crippen LogP contribution in [0.2, 0.25) is 0 Å². The number of fused-ring (bicyclic) bond motifs is 1. The second-order valence-electron chi connectivity index (χ2n) is 8.28. The number of amides is 1. The molecule has 3 aromatic rings. The van der Waals surface area contributed by atoms with Crippen molar-refractivity contribution in [1.82, 2.24) is 9.88 Å². The molecule has 5 rings (SSSR count). The quantitative estimate of drug-likeness (QED) is 0.649. The Balaban J connectivity index is 1.33. The number of nitrogens with zero attached hydrogens (tertiary/aromatic N) is 1. The fourth-order valence-corrected chi connectivity index (χ4v) is 4.71. The summed E-state index contributed by atoms with van der Waals surface area (Å²) in [6.07, 6.45) is 8.09. The lowest BCUT2D eigenvalue weighted by molar-refractivity contribution is -0.128. The highest BCUT2D eigenvalue weighted by molar-refractivity contribution is 5.95. The van der Waals surface area contributed by atoms with Crippen molar-refractivity contribution < 1.29 is 9.53 Å². The number of hydrogen-bond donors (Lipinski definition) is 1. The average molecular weight is 427 g/mol. The maximum atomic E-state index is 13.1. The molecule has 0 bridgehead atoms. The van der Waals surface area contributed by atoms with Gasteiger partial charge >= 0.3 is 0 Å². The summed E-state index contributed by atoms with van der Waals surface area (Å²) in [6, 6.07) is 15.6. The molecule has 0 saturated carbocycles. The van der Waals surface area contributed by atoms with Crippen LogP contribution in [-0.4, -0.2) is 35.0 Å². The molecule has 1 aliphatic heterocycles. The molecule has 5 heteroatoms. The second kappa shape index (κ2) is 8.60. The summed E-state index contributed by atoms with van der Waals surface area (Å²) in [5.74, 6) is 0.128. The predicted octanol–water partition coefficient (Wildman–Crippen LogP) is 4.59. The summed E-state index contributed by atoms with van der Waals surface area (Å²) in [5, 5.41) is 1.60. The first-order valence-corrected chi connectivity index (χ1v) is 11.2. The number of aromatic nitrogens is 1. The van der Waals surface area contributed by atoms with Crippen molar-refractivity contribution in [3.05, 3.63) is 94.1 Å². The van der Waals surface area contributed by atoms with Crippen molar-refractivity contribution >= 4 is 16.7 Å². The van der Waals surface area contributed by atoms with Gasteiger partial charge in [0.05, 0.1) is 12.5 Å². The van der Waals surface area contributed by atoms with Crippen molar-refractivity contribution in [2.24, 2.45) is 0 Å². The first-order chi connectivity index (χ1) is 15.6.